The number of hydrogen-bond donors (Lipinski definition) is 2. The van der Waals surface area contributed by atoms with Gasteiger partial charge in [0.2, 0.25) is 0 Å². The highest BCUT2D eigenvalue weighted by Gasteiger charge is 2.01. The lowest BCUT2D eigenvalue weighted by atomic mass is 10.3. The van der Waals surface area contributed by atoms with Gasteiger partial charge in [-0.3, -0.25) is 4.68 Å². The van der Waals surface area contributed by atoms with E-state index in [9.17, 15) is 0 Å². The molecule has 0 saturated heterocycles. The van der Waals surface area contributed by atoms with Crippen molar-refractivity contribution in [2.45, 2.75) is 26.8 Å². The Hall–Kier alpha value is -2.04. The maximum atomic E-state index is 5.80. The van der Waals surface area contributed by atoms with Crippen LogP contribution in [0, 0.1) is 13.8 Å². The maximum absolute atomic E-state index is 5.80. The minimum atomic E-state index is 0.684. The van der Waals surface area contributed by atoms with Crippen molar-refractivity contribution in [2.24, 2.45) is 0 Å². The van der Waals surface area contributed by atoms with Crippen molar-refractivity contribution in [2.75, 3.05) is 17.6 Å². The third-order valence-corrected chi connectivity index (χ3v) is 2.78. The Morgan fingerprint density at radius 3 is 2.89 bits per heavy atom. The molecule has 0 radical (unpaired) electrons. The summed E-state index contributed by atoms with van der Waals surface area (Å²) < 4.78 is 2.03. The maximum Gasteiger partial charge on any atom is 0.149 e. The molecule has 2 aromatic rings. The fraction of sp³-hybridized carbons (Fsp3) is 0.385. The van der Waals surface area contributed by atoms with Gasteiger partial charge in [-0.05, 0) is 38.5 Å². The van der Waals surface area contributed by atoms with Crippen molar-refractivity contribution < 1.29 is 0 Å². The zero-order valence-electron chi connectivity index (χ0n) is 10.8. The smallest absolute Gasteiger partial charge is 0.149 e. The highest BCUT2D eigenvalue weighted by molar-refractivity contribution is 5.60. The second-order valence-corrected chi connectivity index (χ2v) is 4.37. The Morgan fingerprint density at radius 2 is 2.22 bits per heavy atom. The van der Waals surface area contributed by atoms with Crippen molar-refractivity contribution in [3.63, 3.8) is 0 Å². The van der Waals surface area contributed by atoms with Crippen LogP contribution in [-0.2, 0) is 6.54 Å². The first-order valence-electron chi connectivity index (χ1n) is 6.12. The molecule has 5 nitrogen and oxygen atoms in total. The van der Waals surface area contributed by atoms with Crippen molar-refractivity contribution in [3.05, 3.63) is 35.8 Å². The van der Waals surface area contributed by atoms with Gasteiger partial charge >= 0.3 is 0 Å². The molecule has 5 heteroatoms. The molecular weight excluding hydrogens is 226 g/mol. The summed E-state index contributed by atoms with van der Waals surface area (Å²) in [5, 5.41) is 7.65. The van der Waals surface area contributed by atoms with E-state index in [0.717, 1.165) is 31.0 Å². The Morgan fingerprint density at radius 1 is 1.39 bits per heavy atom. The highest BCUT2D eigenvalue weighted by atomic mass is 15.3. The average molecular weight is 245 g/mol. The van der Waals surface area contributed by atoms with E-state index in [1.807, 2.05) is 23.7 Å². The third kappa shape index (κ3) is 3.00. The first-order chi connectivity index (χ1) is 8.66. The normalized spacial score (nSPS) is 10.6. The molecule has 18 heavy (non-hydrogen) atoms. The fourth-order valence-electron chi connectivity index (χ4n) is 1.90. The van der Waals surface area contributed by atoms with Gasteiger partial charge < -0.3 is 11.1 Å². The molecule has 2 aromatic heterocycles. The van der Waals surface area contributed by atoms with Gasteiger partial charge in [-0.15, -0.1) is 0 Å². The van der Waals surface area contributed by atoms with Gasteiger partial charge in [0.1, 0.15) is 5.82 Å². The van der Waals surface area contributed by atoms with E-state index in [0.29, 0.717) is 5.69 Å². The summed E-state index contributed by atoms with van der Waals surface area (Å²) in [6.07, 6.45) is 2.72. The molecule has 0 aromatic carbocycles. The minimum Gasteiger partial charge on any atom is -0.396 e. The summed E-state index contributed by atoms with van der Waals surface area (Å²) >= 11 is 0. The molecule has 0 aliphatic heterocycles. The summed E-state index contributed by atoms with van der Waals surface area (Å²) in [5.41, 5.74) is 8.75. The third-order valence-electron chi connectivity index (χ3n) is 2.78. The molecule has 0 fully saturated rings. The van der Waals surface area contributed by atoms with Crippen LogP contribution in [0.5, 0.6) is 0 Å². The number of nitrogens with two attached hydrogens (primary N) is 1. The zero-order valence-corrected chi connectivity index (χ0v) is 10.8. The number of nitrogen functional groups attached to an aromatic ring is 1. The lowest BCUT2D eigenvalue weighted by Crippen LogP contribution is -2.10. The van der Waals surface area contributed by atoms with E-state index in [2.05, 4.69) is 28.4 Å². The van der Waals surface area contributed by atoms with Gasteiger partial charge in [0.25, 0.3) is 0 Å². The zero-order chi connectivity index (χ0) is 13.0. The van der Waals surface area contributed by atoms with E-state index in [-0.39, 0.29) is 0 Å². The van der Waals surface area contributed by atoms with Crippen LogP contribution >= 0.6 is 0 Å². The van der Waals surface area contributed by atoms with Crippen LogP contribution in [0.4, 0.5) is 11.5 Å². The summed E-state index contributed by atoms with van der Waals surface area (Å²) in [4.78, 5) is 4.19. The number of aromatic nitrogens is 3. The van der Waals surface area contributed by atoms with E-state index < -0.39 is 0 Å². The SMILES string of the molecule is Cc1cc(C)n(CCCNc2ncccc2N)n1. The van der Waals surface area contributed by atoms with Gasteiger partial charge in [0.05, 0.1) is 11.4 Å². The van der Waals surface area contributed by atoms with Gasteiger partial charge in [0.15, 0.2) is 0 Å². The molecule has 96 valence electrons. The van der Waals surface area contributed by atoms with Crippen LogP contribution in [0.25, 0.3) is 0 Å². The lowest BCUT2D eigenvalue weighted by molar-refractivity contribution is 0.573. The van der Waals surface area contributed by atoms with E-state index in [4.69, 9.17) is 5.73 Å². The number of aryl methyl sites for hydroxylation is 3. The van der Waals surface area contributed by atoms with Crippen molar-refractivity contribution in [3.8, 4) is 0 Å². The summed E-state index contributed by atoms with van der Waals surface area (Å²) in [6.45, 7) is 5.82. The monoisotopic (exact) mass is 245 g/mol. The quantitative estimate of drug-likeness (QED) is 0.790. The van der Waals surface area contributed by atoms with Crippen LogP contribution in [0.2, 0.25) is 0 Å². The van der Waals surface area contributed by atoms with E-state index in [1.54, 1.807) is 6.20 Å². The Kier molecular flexibility index (Phi) is 3.82. The Balaban J connectivity index is 1.80. The number of rotatable bonds is 5. The number of pyridine rings is 1. The summed E-state index contributed by atoms with van der Waals surface area (Å²) in [7, 11) is 0. The van der Waals surface area contributed by atoms with Gasteiger partial charge in [-0.25, -0.2) is 4.98 Å². The van der Waals surface area contributed by atoms with Crippen molar-refractivity contribution in [1.29, 1.82) is 0 Å². The van der Waals surface area contributed by atoms with Crippen LogP contribution in [0.1, 0.15) is 17.8 Å². The predicted molar refractivity (Wildman–Crippen MR) is 73.5 cm³/mol. The average Bonchev–Trinajstić information content (AvgIpc) is 2.65. The lowest BCUT2D eigenvalue weighted by Gasteiger charge is -2.08. The number of hydrogen-bond acceptors (Lipinski definition) is 4. The van der Waals surface area contributed by atoms with Crippen LogP contribution in [0.15, 0.2) is 24.4 Å². The standard InChI is InChI=1S/C13H19N5/c1-10-9-11(2)18(17-10)8-4-7-16-13-12(14)5-3-6-15-13/h3,5-6,9H,4,7-8,14H2,1-2H3,(H,15,16). The first kappa shape index (κ1) is 12.4. The summed E-state index contributed by atoms with van der Waals surface area (Å²) in [5.74, 6) is 0.755. The molecule has 2 heterocycles. The number of anilines is 2. The summed E-state index contributed by atoms with van der Waals surface area (Å²) in [6, 6.07) is 5.76. The molecule has 0 aliphatic rings. The van der Waals surface area contributed by atoms with Crippen LogP contribution in [-0.4, -0.2) is 21.3 Å². The highest BCUT2D eigenvalue weighted by Crippen LogP contribution is 2.12. The predicted octanol–water partition coefficient (Wildman–Crippen LogP) is 1.98. The second kappa shape index (κ2) is 5.53. The number of nitrogens with zero attached hydrogens (tertiary/aromatic N) is 3. The molecule has 3 N–H and O–H groups in total. The molecule has 0 atom stereocenters. The van der Waals surface area contributed by atoms with Crippen molar-refractivity contribution >= 4 is 11.5 Å². The van der Waals surface area contributed by atoms with Crippen molar-refractivity contribution in [1.82, 2.24) is 14.8 Å². The fourth-order valence-corrected chi connectivity index (χ4v) is 1.90. The molecule has 2 rings (SSSR count). The van der Waals surface area contributed by atoms with Gasteiger partial charge in [-0.1, -0.05) is 0 Å². The van der Waals surface area contributed by atoms with Gasteiger partial charge in [-0.2, -0.15) is 5.10 Å². The van der Waals surface area contributed by atoms with E-state index in [1.165, 1.54) is 5.69 Å². The molecule has 0 saturated carbocycles. The molecule has 0 spiro atoms. The topological polar surface area (TPSA) is 68.8 Å². The van der Waals surface area contributed by atoms with E-state index >= 15 is 0 Å². The Labute approximate surface area is 107 Å². The Bertz CT molecular complexity index is 518. The molecule has 0 bridgehead atoms. The first-order valence-corrected chi connectivity index (χ1v) is 6.12. The molecule has 0 aliphatic carbocycles. The molecule has 0 unspecified atom stereocenters. The minimum absolute atomic E-state index is 0.684. The largest absolute Gasteiger partial charge is 0.396 e. The van der Waals surface area contributed by atoms with Crippen LogP contribution in [0.3, 0.4) is 0 Å². The molecular formula is C13H19N5. The van der Waals surface area contributed by atoms with Crippen LogP contribution < -0.4 is 11.1 Å². The second-order valence-electron chi connectivity index (χ2n) is 4.37. The molecule has 0 amide bonds. The number of nitrogens with one attached hydrogen (secondary N) is 1. The van der Waals surface area contributed by atoms with Gasteiger partial charge in [0, 0.05) is 25.0 Å².